The fourth-order valence-corrected chi connectivity index (χ4v) is 2.06. The zero-order chi connectivity index (χ0) is 24.3. The Morgan fingerprint density at radius 3 is 1.50 bits per heavy atom. The molecule has 0 N–H and O–H groups in total. The van der Waals surface area contributed by atoms with Gasteiger partial charge >= 0.3 is 23.9 Å². The van der Waals surface area contributed by atoms with E-state index in [2.05, 4.69) is 41.5 Å². The molecule has 182 valence electrons. The van der Waals surface area contributed by atoms with E-state index in [9.17, 15) is 19.8 Å². The van der Waals surface area contributed by atoms with Gasteiger partial charge in [0, 0.05) is 5.97 Å². The maximum atomic E-state index is 10.4. The molecule has 0 fully saturated rings. The summed E-state index contributed by atoms with van der Waals surface area (Å²) in [5.41, 5.74) is 1.44. The Morgan fingerprint density at radius 2 is 1.16 bits per heavy atom. The second-order valence-electron chi connectivity index (χ2n) is 7.33. The molecule has 0 aliphatic rings. The van der Waals surface area contributed by atoms with Crippen LogP contribution >= 0.6 is 0 Å². The first kappa shape index (κ1) is 38.2. The minimum Gasteiger partial charge on any atom is -0.550 e. The molecule has 1 aromatic rings. The van der Waals surface area contributed by atoms with Crippen LogP contribution in [-0.2, 0) is 11.2 Å². The number of rotatable bonds is 12. The van der Waals surface area contributed by atoms with Gasteiger partial charge in [-0.3, -0.25) is 0 Å². The number of aryl methyl sites for hydroxylation is 1. The normalized spacial score (nSPS) is 8.94. The monoisotopic (exact) mass is 554 g/mol. The molecule has 0 aromatic heterocycles. The number of carbonyl (C=O) groups is 2. The largest absolute Gasteiger partial charge is 2.00 e. The molecule has 0 aliphatic carbocycles. The van der Waals surface area contributed by atoms with Crippen molar-refractivity contribution in [3.05, 3.63) is 49.2 Å². The quantitative estimate of drug-likeness (QED) is 0.258. The molecule has 4 radical (unpaired) electrons. The van der Waals surface area contributed by atoms with Gasteiger partial charge in [0.25, 0.3) is 0 Å². The fraction of sp³-hybridized carbons (Fsp3) is 0.630. The number of unbranched alkanes of at least 4 members (excludes halogenated alkanes) is 7. The van der Waals surface area contributed by atoms with E-state index in [4.69, 9.17) is 0 Å². The van der Waals surface area contributed by atoms with E-state index in [0.29, 0.717) is 0 Å². The summed E-state index contributed by atoms with van der Waals surface area (Å²) in [7, 11) is 0. The third-order valence-electron chi connectivity index (χ3n) is 4.20. The smallest absolute Gasteiger partial charge is 0.550 e. The van der Waals surface area contributed by atoms with Gasteiger partial charge in [0.05, 0.1) is 5.97 Å². The van der Waals surface area contributed by atoms with Crippen LogP contribution < -0.4 is 10.2 Å². The standard InChI is InChI=1S/C11H14O2.C8H16O2.2C4H9.Sn/c1-2-3-4-9-5-7-10(8-6-9)11(12)13;1-2-3-4-5-6-7-8(9)10;2*1-3-4-2;/h5-8H,2-4H2,1H3,(H,12,13);2-7H2,1H3,(H,9,10);2*1,3-4H2,2H3;/q;;;;+2/p-2. The second kappa shape index (κ2) is 32.1. The van der Waals surface area contributed by atoms with Crippen LogP contribution in [0.15, 0.2) is 24.3 Å². The summed E-state index contributed by atoms with van der Waals surface area (Å²) in [6, 6.07) is 6.89. The first-order chi connectivity index (χ1) is 14.8. The van der Waals surface area contributed by atoms with Gasteiger partial charge in [0.1, 0.15) is 0 Å². The average molecular weight is 553 g/mol. The van der Waals surface area contributed by atoms with Gasteiger partial charge in [-0.25, -0.2) is 0 Å². The van der Waals surface area contributed by atoms with Crippen LogP contribution in [0.4, 0.5) is 0 Å². The van der Waals surface area contributed by atoms with E-state index in [1.807, 2.05) is 12.1 Å². The van der Waals surface area contributed by atoms with Crippen molar-refractivity contribution >= 4 is 35.8 Å². The van der Waals surface area contributed by atoms with Crippen LogP contribution in [0.2, 0.25) is 0 Å². The van der Waals surface area contributed by atoms with Gasteiger partial charge in [-0.15, -0.1) is 0 Å². The molecule has 0 bridgehead atoms. The summed E-state index contributed by atoms with van der Waals surface area (Å²) in [4.78, 5) is 20.3. The van der Waals surface area contributed by atoms with E-state index >= 15 is 0 Å². The molecule has 0 atom stereocenters. The SMILES string of the molecule is CCCCCCCC(=O)[O-].CCCCc1ccc(C(=O)[O-])cc1.[CH2]CCC.[CH2]CCC.[Sn+2]. The molecular formula is C27H46O4Sn. The van der Waals surface area contributed by atoms with Crippen molar-refractivity contribution in [3.8, 4) is 0 Å². The van der Waals surface area contributed by atoms with Crippen molar-refractivity contribution in [3.63, 3.8) is 0 Å². The minimum absolute atomic E-state index is 0. The van der Waals surface area contributed by atoms with Gasteiger partial charge in [-0.1, -0.05) is 124 Å². The molecule has 4 nitrogen and oxygen atoms in total. The molecule has 1 rings (SSSR count). The zero-order valence-electron chi connectivity index (χ0n) is 21.0. The fourth-order valence-electron chi connectivity index (χ4n) is 2.06. The van der Waals surface area contributed by atoms with Gasteiger partial charge in [-0.05, 0) is 36.8 Å². The van der Waals surface area contributed by atoms with Gasteiger partial charge in [0.15, 0.2) is 0 Å². The number of aliphatic carboxylic acids is 1. The molecular weight excluding hydrogens is 507 g/mol. The number of carboxylic acids is 2. The van der Waals surface area contributed by atoms with E-state index in [1.54, 1.807) is 12.1 Å². The number of carboxylic acid groups (broad SMARTS) is 2. The Hall–Kier alpha value is -1.04. The third-order valence-corrected chi connectivity index (χ3v) is 4.20. The Kier molecular flexibility index (Phi) is 38.4. The Labute approximate surface area is 215 Å². The first-order valence-electron chi connectivity index (χ1n) is 11.9. The summed E-state index contributed by atoms with van der Waals surface area (Å²) >= 11 is 0. The molecule has 0 spiro atoms. The second-order valence-corrected chi connectivity index (χ2v) is 7.33. The predicted octanol–water partition coefficient (Wildman–Crippen LogP) is 5.35. The van der Waals surface area contributed by atoms with E-state index in [-0.39, 0.29) is 35.9 Å². The van der Waals surface area contributed by atoms with Crippen molar-refractivity contribution in [1.29, 1.82) is 0 Å². The Morgan fingerprint density at radius 1 is 0.719 bits per heavy atom. The van der Waals surface area contributed by atoms with Crippen LogP contribution in [-0.4, -0.2) is 35.8 Å². The molecule has 0 heterocycles. The Bertz CT molecular complexity index is 493. The molecule has 0 unspecified atom stereocenters. The molecule has 1 aromatic carbocycles. The van der Waals surface area contributed by atoms with Crippen LogP contribution in [0.5, 0.6) is 0 Å². The van der Waals surface area contributed by atoms with Gasteiger partial charge in [-0.2, -0.15) is 0 Å². The molecule has 32 heavy (non-hydrogen) atoms. The van der Waals surface area contributed by atoms with E-state index in [0.717, 1.165) is 51.4 Å². The number of hydrogen-bond acceptors (Lipinski definition) is 4. The summed E-state index contributed by atoms with van der Waals surface area (Å²) in [5, 5.41) is 20.3. The topological polar surface area (TPSA) is 80.3 Å². The maximum absolute atomic E-state index is 10.4. The van der Waals surface area contributed by atoms with Crippen molar-refractivity contribution in [2.45, 2.75) is 111 Å². The summed E-state index contributed by atoms with van der Waals surface area (Å²) in [6.07, 6.45) is 13.5. The van der Waals surface area contributed by atoms with E-state index in [1.165, 1.54) is 31.2 Å². The number of aromatic carboxylic acids is 1. The third kappa shape index (κ3) is 33.6. The molecule has 0 saturated carbocycles. The number of hydrogen-bond donors (Lipinski definition) is 0. The minimum atomic E-state index is -1.11. The number of carbonyl (C=O) groups excluding carboxylic acids is 2. The molecule has 0 saturated heterocycles. The first-order valence-corrected chi connectivity index (χ1v) is 11.9. The van der Waals surface area contributed by atoms with E-state index < -0.39 is 11.9 Å². The van der Waals surface area contributed by atoms with Crippen LogP contribution in [0, 0.1) is 13.8 Å². The van der Waals surface area contributed by atoms with Gasteiger partial charge < -0.3 is 19.8 Å². The molecule has 5 heteroatoms. The number of benzene rings is 1. The predicted molar refractivity (Wildman–Crippen MR) is 134 cm³/mol. The maximum Gasteiger partial charge on any atom is 2.00 e. The molecule has 0 amide bonds. The van der Waals surface area contributed by atoms with Crippen molar-refractivity contribution in [2.24, 2.45) is 0 Å². The average Bonchev–Trinajstić information content (AvgIpc) is 2.78. The summed E-state index contributed by atoms with van der Waals surface area (Å²) in [5.74, 6) is -2.03. The Balaban J connectivity index is -0.000000183. The van der Waals surface area contributed by atoms with Crippen LogP contribution in [0.1, 0.15) is 121 Å². The summed E-state index contributed by atoms with van der Waals surface area (Å²) in [6.45, 7) is 15.7. The molecule has 0 aliphatic heterocycles. The van der Waals surface area contributed by atoms with Crippen molar-refractivity contribution in [2.75, 3.05) is 0 Å². The zero-order valence-corrected chi connectivity index (χ0v) is 23.9. The summed E-state index contributed by atoms with van der Waals surface area (Å²) < 4.78 is 0. The van der Waals surface area contributed by atoms with Crippen LogP contribution in [0.25, 0.3) is 0 Å². The van der Waals surface area contributed by atoms with Crippen molar-refractivity contribution < 1.29 is 19.8 Å². The van der Waals surface area contributed by atoms with Crippen LogP contribution in [0.3, 0.4) is 0 Å². The van der Waals surface area contributed by atoms with Crippen molar-refractivity contribution in [1.82, 2.24) is 0 Å². The van der Waals surface area contributed by atoms with Gasteiger partial charge in [0.2, 0.25) is 0 Å².